The molecule has 0 saturated heterocycles. The van der Waals surface area contributed by atoms with Gasteiger partial charge in [-0.3, -0.25) is 0 Å². The molecule has 132 valence electrons. The molecule has 2 saturated carbocycles. The fourth-order valence-corrected chi connectivity index (χ4v) is 7.10. The highest BCUT2D eigenvalue weighted by molar-refractivity contribution is 5.42. The zero-order valence-electron chi connectivity index (χ0n) is 15.6. The van der Waals surface area contributed by atoms with E-state index < -0.39 is 0 Å². The van der Waals surface area contributed by atoms with Crippen LogP contribution in [-0.4, -0.2) is 5.11 Å². The normalized spacial score (nSPS) is 46.9. The van der Waals surface area contributed by atoms with Crippen molar-refractivity contribution < 1.29 is 9.50 Å². The topological polar surface area (TPSA) is 20.2 Å². The van der Waals surface area contributed by atoms with Crippen molar-refractivity contribution in [2.24, 2.45) is 28.6 Å². The highest BCUT2D eigenvalue weighted by Crippen LogP contribution is 2.66. The van der Waals surface area contributed by atoms with Gasteiger partial charge in [0.25, 0.3) is 0 Å². The molecule has 0 bridgehead atoms. The number of hydrogen-bond donors (Lipinski definition) is 1. The monoisotopic (exact) mass is 330 g/mol. The second kappa shape index (κ2) is 5.22. The third-order valence-corrected chi connectivity index (χ3v) is 8.38. The summed E-state index contributed by atoms with van der Waals surface area (Å²) in [6.07, 6.45) is 9.87. The smallest absolute Gasteiger partial charge is 0.0966 e. The molecule has 24 heavy (non-hydrogen) atoms. The molecule has 0 heterocycles. The van der Waals surface area contributed by atoms with Gasteiger partial charge < -0.3 is 5.11 Å². The fourth-order valence-electron chi connectivity index (χ4n) is 7.10. The van der Waals surface area contributed by atoms with Crippen LogP contribution in [0.15, 0.2) is 34.4 Å². The Balaban J connectivity index is 1.74. The summed E-state index contributed by atoms with van der Waals surface area (Å²) in [4.78, 5) is 0. The number of halogens is 1. The predicted octanol–water partition coefficient (Wildman–Crippen LogP) is 6.63. The molecule has 0 aromatic heterocycles. The third-order valence-electron chi connectivity index (χ3n) is 8.38. The van der Waals surface area contributed by atoms with Crippen LogP contribution in [-0.2, 0) is 0 Å². The lowest BCUT2D eigenvalue weighted by Gasteiger charge is -2.56. The van der Waals surface area contributed by atoms with Crippen LogP contribution in [0.1, 0.15) is 72.6 Å². The SMILES string of the molecule is CC1=C(O)CCC2(C)C1=CCC1C2CCC2(C)/C(=C(\C)F)CCC12. The van der Waals surface area contributed by atoms with E-state index >= 15 is 0 Å². The summed E-state index contributed by atoms with van der Waals surface area (Å²) in [5, 5.41) is 10.2. The Kier molecular flexibility index (Phi) is 3.57. The van der Waals surface area contributed by atoms with E-state index in [1.54, 1.807) is 6.92 Å². The van der Waals surface area contributed by atoms with Crippen LogP contribution in [0.2, 0.25) is 0 Å². The molecule has 1 N–H and O–H groups in total. The van der Waals surface area contributed by atoms with Crippen molar-refractivity contribution in [3.8, 4) is 0 Å². The maximum absolute atomic E-state index is 14.1. The van der Waals surface area contributed by atoms with E-state index in [0.717, 1.165) is 49.7 Å². The molecule has 2 heteroatoms. The summed E-state index contributed by atoms with van der Waals surface area (Å²) in [5.74, 6) is 2.68. The Morgan fingerprint density at radius 3 is 2.54 bits per heavy atom. The average molecular weight is 330 g/mol. The highest BCUT2D eigenvalue weighted by atomic mass is 19.1. The predicted molar refractivity (Wildman–Crippen MR) is 96.2 cm³/mol. The summed E-state index contributed by atoms with van der Waals surface area (Å²) < 4.78 is 14.1. The lowest BCUT2D eigenvalue weighted by Crippen LogP contribution is -2.48. The zero-order valence-corrected chi connectivity index (χ0v) is 15.6. The average Bonchev–Trinajstić information content (AvgIpc) is 2.89. The molecular formula is C22H31FO. The fraction of sp³-hybridized carbons (Fsp3) is 0.727. The molecule has 0 radical (unpaired) electrons. The maximum Gasteiger partial charge on any atom is 0.0966 e. The van der Waals surface area contributed by atoms with Gasteiger partial charge in [0.2, 0.25) is 0 Å². The third kappa shape index (κ3) is 1.98. The van der Waals surface area contributed by atoms with Gasteiger partial charge in [0, 0.05) is 6.42 Å². The Labute approximate surface area is 145 Å². The lowest BCUT2D eigenvalue weighted by molar-refractivity contribution is -0.00940. The van der Waals surface area contributed by atoms with Crippen molar-refractivity contribution in [2.45, 2.75) is 72.6 Å². The number of hydrogen-bond acceptors (Lipinski definition) is 1. The van der Waals surface area contributed by atoms with E-state index in [2.05, 4.69) is 26.8 Å². The van der Waals surface area contributed by atoms with E-state index in [9.17, 15) is 9.50 Å². The van der Waals surface area contributed by atoms with Gasteiger partial charge in [-0.15, -0.1) is 0 Å². The van der Waals surface area contributed by atoms with Crippen LogP contribution in [0.25, 0.3) is 0 Å². The number of aliphatic hydroxyl groups is 1. The first-order valence-electron chi connectivity index (χ1n) is 9.74. The first kappa shape index (κ1) is 16.4. The van der Waals surface area contributed by atoms with Crippen LogP contribution in [0.4, 0.5) is 4.39 Å². The van der Waals surface area contributed by atoms with Crippen molar-refractivity contribution in [3.05, 3.63) is 34.4 Å². The first-order valence-corrected chi connectivity index (χ1v) is 9.74. The van der Waals surface area contributed by atoms with Crippen LogP contribution in [0, 0.1) is 28.6 Å². The Morgan fingerprint density at radius 1 is 1.12 bits per heavy atom. The van der Waals surface area contributed by atoms with Crippen molar-refractivity contribution in [3.63, 3.8) is 0 Å². The van der Waals surface area contributed by atoms with E-state index in [-0.39, 0.29) is 16.7 Å². The minimum Gasteiger partial charge on any atom is -0.512 e. The molecule has 0 spiro atoms. The summed E-state index contributed by atoms with van der Waals surface area (Å²) in [6.45, 7) is 8.51. The number of allylic oxidation sites excluding steroid dienone is 6. The van der Waals surface area contributed by atoms with Crippen molar-refractivity contribution in [2.75, 3.05) is 0 Å². The van der Waals surface area contributed by atoms with Crippen molar-refractivity contribution in [1.82, 2.24) is 0 Å². The van der Waals surface area contributed by atoms with E-state index in [0.29, 0.717) is 23.5 Å². The molecule has 0 aromatic rings. The van der Waals surface area contributed by atoms with Gasteiger partial charge in [-0.05, 0) is 97.7 Å². The molecule has 5 unspecified atom stereocenters. The molecule has 0 aromatic carbocycles. The number of rotatable bonds is 0. The summed E-state index contributed by atoms with van der Waals surface area (Å²) in [7, 11) is 0. The van der Waals surface area contributed by atoms with Gasteiger partial charge >= 0.3 is 0 Å². The minimum absolute atomic E-state index is 0.0815. The maximum atomic E-state index is 14.1. The Hall–Kier alpha value is -1.05. The van der Waals surface area contributed by atoms with Gasteiger partial charge in [0.05, 0.1) is 11.6 Å². The summed E-state index contributed by atoms with van der Waals surface area (Å²) >= 11 is 0. The van der Waals surface area contributed by atoms with Crippen molar-refractivity contribution >= 4 is 0 Å². The van der Waals surface area contributed by atoms with E-state index in [1.165, 1.54) is 12.0 Å². The number of aliphatic hydroxyl groups excluding tert-OH is 1. The van der Waals surface area contributed by atoms with Crippen LogP contribution in [0.5, 0.6) is 0 Å². The summed E-state index contributed by atoms with van der Waals surface area (Å²) in [5.41, 5.74) is 3.94. The van der Waals surface area contributed by atoms with Crippen molar-refractivity contribution in [1.29, 1.82) is 0 Å². The Bertz CT molecular complexity index is 665. The molecule has 4 aliphatic rings. The molecule has 0 aliphatic heterocycles. The second-order valence-electron chi connectivity index (χ2n) is 9.23. The molecular weight excluding hydrogens is 299 g/mol. The molecule has 1 nitrogen and oxygen atoms in total. The zero-order chi connectivity index (χ0) is 17.3. The molecule has 4 aliphatic carbocycles. The van der Waals surface area contributed by atoms with Crippen LogP contribution in [0.3, 0.4) is 0 Å². The first-order chi connectivity index (χ1) is 11.3. The van der Waals surface area contributed by atoms with Gasteiger partial charge in [-0.25, -0.2) is 4.39 Å². The largest absolute Gasteiger partial charge is 0.512 e. The molecule has 0 amide bonds. The lowest BCUT2D eigenvalue weighted by atomic mass is 9.48. The quantitative estimate of drug-likeness (QED) is 0.528. The standard InChI is InChI=1S/C22H31FO/c1-13-16-6-5-15-18-8-7-17(14(2)23)22(18,4)11-9-19(15)21(16,3)12-10-20(13)24/h6,15,18-19,24H,5,7-12H2,1-4H3/b17-14+. The summed E-state index contributed by atoms with van der Waals surface area (Å²) in [6, 6.07) is 0. The highest BCUT2D eigenvalue weighted by Gasteiger charge is 2.57. The van der Waals surface area contributed by atoms with Gasteiger partial charge in [0.1, 0.15) is 0 Å². The van der Waals surface area contributed by atoms with Gasteiger partial charge in [-0.2, -0.15) is 0 Å². The molecule has 2 fully saturated rings. The Morgan fingerprint density at radius 2 is 1.83 bits per heavy atom. The van der Waals surface area contributed by atoms with Gasteiger partial charge in [-0.1, -0.05) is 19.9 Å². The molecule has 5 atom stereocenters. The van der Waals surface area contributed by atoms with Crippen LogP contribution >= 0.6 is 0 Å². The molecule has 4 rings (SSSR count). The van der Waals surface area contributed by atoms with Crippen LogP contribution < -0.4 is 0 Å². The minimum atomic E-state index is 0.0815. The second-order valence-corrected chi connectivity index (χ2v) is 9.23. The van der Waals surface area contributed by atoms with E-state index in [1.807, 2.05) is 0 Å². The van der Waals surface area contributed by atoms with E-state index in [4.69, 9.17) is 0 Å². The number of fused-ring (bicyclic) bond motifs is 5. The van der Waals surface area contributed by atoms with Gasteiger partial charge in [0.15, 0.2) is 0 Å².